The molecule has 0 saturated heterocycles. The van der Waals surface area contributed by atoms with Crippen LogP contribution < -0.4 is 5.73 Å². The number of hydrogen-bond donors (Lipinski definition) is 3. The Balaban J connectivity index is 1.91. The van der Waals surface area contributed by atoms with Crippen LogP contribution in [-0.2, 0) is 6.42 Å². The number of benzene rings is 3. The average molecular weight is 316 g/mol. The highest BCUT2D eigenvalue weighted by Gasteiger charge is 2.15. The number of para-hydroxylation sites is 1. The second kappa shape index (κ2) is 6.11. The normalized spacial score (nSPS) is 12.8. The van der Waals surface area contributed by atoms with E-state index in [4.69, 9.17) is 5.73 Å². The Hall–Kier alpha value is -2.62. The first-order valence-corrected chi connectivity index (χ1v) is 8.21. The first-order chi connectivity index (χ1) is 11.8. The van der Waals surface area contributed by atoms with E-state index in [1.165, 1.54) is 21.7 Å². The van der Waals surface area contributed by atoms with Gasteiger partial charge in [0.2, 0.25) is 0 Å². The van der Waals surface area contributed by atoms with Gasteiger partial charge in [-0.3, -0.25) is 0 Å². The van der Waals surface area contributed by atoms with Gasteiger partial charge in [0.25, 0.3) is 0 Å². The summed E-state index contributed by atoms with van der Waals surface area (Å²) in [4.78, 5) is 3.54. The molecule has 0 aliphatic heterocycles. The van der Waals surface area contributed by atoms with Crippen molar-refractivity contribution >= 4 is 21.7 Å². The zero-order chi connectivity index (χ0) is 16.5. The predicted octanol–water partition coefficient (Wildman–Crippen LogP) is 3.85. The molecule has 0 spiro atoms. The van der Waals surface area contributed by atoms with E-state index >= 15 is 0 Å². The Labute approximate surface area is 140 Å². The van der Waals surface area contributed by atoms with Crippen LogP contribution in [0.1, 0.15) is 5.56 Å². The highest BCUT2D eigenvalue weighted by atomic mass is 16.3. The standard InChI is InChI=1S/C21H20N2O/c22-17(13-24)12-19-18-7-3-4-8-20(18)23-21(19)16-10-9-14-5-1-2-6-15(14)11-16/h1-11,17,23-24H,12-13,22H2. The van der Waals surface area contributed by atoms with E-state index in [0.29, 0.717) is 6.42 Å². The lowest BCUT2D eigenvalue weighted by atomic mass is 9.98. The molecule has 0 bridgehead atoms. The van der Waals surface area contributed by atoms with Gasteiger partial charge in [0.05, 0.1) is 6.61 Å². The van der Waals surface area contributed by atoms with Crippen molar-refractivity contribution in [2.75, 3.05) is 6.61 Å². The maximum absolute atomic E-state index is 9.37. The molecule has 0 aliphatic carbocycles. The molecular formula is C21H20N2O. The number of rotatable bonds is 4. The van der Waals surface area contributed by atoms with E-state index in [2.05, 4.69) is 59.6 Å². The van der Waals surface area contributed by atoms with Crippen LogP contribution >= 0.6 is 0 Å². The number of hydrogen-bond acceptors (Lipinski definition) is 2. The molecular weight excluding hydrogens is 296 g/mol. The smallest absolute Gasteiger partial charge is 0.0585 e. The molecule has 3 aromatic carbocycles. The van der Waals surface area contributed by atoms with Crippen LogP contribution in [0.5, 0.6) is 0 Å². The number of H-pyrrole nitrogens is 1. The van der Waals surface area contributed by atoms with Crippen molar-refractivity contribution in [3.05, 3.63) is 72.3 Å². The van der Waals surface area contributed by atoms with Gasteiger partial charge in [-0.25, -0.2) is 0 Å². The minimum absolute atomic E-state index is 0.0172. The van der Waals surface area contributed by atoms with Crippen LogP contribution in [0.4, 0.5) is 0 Å². The SMILES string of the molecule is NC(CO)Cc1c(-c2ccc3ccccc3c2)[nH]c2ccccc12. The molecule has 0 radical (unpaired) electrons. The van der Waals surface area contributed by atoms with Gasteiger partial charge in [0, 0.05) is 22.6 Å². The molecule has 24 heavy (non-hydrogen) atoms. The van der Waals surface area contributed by atoms with Gasteiger partial charge in [0.15, 0.2) is 0 Å². The number of fused-ring (bicyclic) bond motifs is 2. The lowest BCUT2D eigenvalue weighted by Crippen LogP contribution is -2.26. The number of nitrogens with two attached hydrogens (primary N) is 1. The van der Waals surface area contributed by atoms with Crippen LogP contribution in [-0.4, -0.2) is 22.7 Å². The summed E-state index contributed by atoms with van der Waals surface area (Å²) in [5, 5.41) is 13.0. The fourth-order valence-electron chi connectivity index (χ4n) is 3.33. The van der Waals surface area contributed by atoms with Gasteiger partial charge in [-0.15, -0.1) is 0 Å². The summed E-state index contributed by atoms with van der Waals surface area (Å²) in [6.07, 6.45) is 0.642. The topological polar surface area (TPSA) is 62.0 Å². The summed E-state index contributed by atoms with van der Waals surface area (Å²) in [6.45, 7) is -0.0172. The first kappa shape index (κ1) is 14.9. The monoisotopic (exact) mass is 316 g/mol. The van der Waals surface area contributed by atoms with Crippen molar-refractivity contribution in [2.24, 2.45) is 5.73 Å². The highest BCUT2D eigenvalue weighted by Crippen LogP contribution is 2.32. The molecule has 1 heterocycles. The maximum atomic E-state index is 9.37. The minimum Gasteiger partial charge on any atom is -0.395 e. The van der Waals surface area contributed by atoms with Crippen molar-refractivity contribution in [3.8, 4) is 11.3 Å². The molecule has 0 saturated carbocycles. The molecule has 0 amide bonds. The highest BCUT2D eigenvalue weighted by molar-refractivity contribution is 5.93. The summed E-state index contributed by atoms with van der Waals surface area (Å²) in [6, 6.07) is 22.8. The average Bonchev–Trinajstić information content (AvgIpc) is 3.00. The number of aliphatic hydroxyl groups excluding tert-OH is 1. The van der Waals surface area contributed by atoms with Crippen LogP contribution in [0.15, 0.2) is 66.7 Å². The number of aromatic amines is 1. The van der Waals surface area contributed by atoms with E-state index in [1.807, 2.05) is 12.1 Å². The first-order valence-electron chi connectivity index (χ1n) is 8.21. The van der Waals surface area contributed by atoms with Crippen LogP contribution in [0.2, 0.25) is 0 Å². The molecule has 0 fully saturated rings. The maximum Gasteiger partial charge on any atom is 0.0585 e. The van der Waals surface area contributed by atoms with Crippen LogP contribution in [0.25, 0.3) is 32.9 Å². The van der Waals surface area contributed by atoms with Crippen LogP contribution in [0, 0.1) is 0 Å². The Morgan fingerprint density at radius 2 is 1.67 bits per heavy atom. The van der Waals surface area contributed by atoms with E-state index in [1.54, 1.807) is 0 Å². The van der Waals surface area contributed by atoms with Crippen molar-refractivity contribution in [2.45, 2.75) is 12.5 Å². The van der Waals surface area contributed by atoms with Gasteiger partial charge in [0.1, 0.15) is 0 Å². The predicted molar refractivity (Wildman–Crippen MR) is 100 cm³/mol. The molecule has 0 aliphatic rings. The molecule has 1 aromatic heterocycles. The van der Waals surface area contributed by atoms with Gasteiger partial charge >= 0.3 is 0 Å². The van der Waals surface area contributed by atoms with Crippen molar-refractivity contribution < 1.29 is 5.11 Å². The molecule has 3 nitrogen and oxygen atoms in total. The third-order valence-electron chi connectivity index (χ3n) is 4.55. The molecule has 1 atom stereocenters. The number of nitrogens with one attached hydrogen (secondary N) is 1. The lowest BCUT2D eigenvalue weighted by molar-refractivity contribution is 0.265. The molecule has 4 aromatic rings. The molecule has 4 rings (SSSR count). The van der Waals surface area contributed by atoms with E-state index < -0.39 is 0 Å². The van der Waals surface area contributed by atoms with Crippen molar-refractivity contribution in [3.63, 3.8) is 0 Å². The third kappa shape index (κ3) is 2.58. The van der Waals surface area contributed by atoms with Gasteiger partial charge in [-0.1, -0.05) is 54.6 Å². The summed E-state index contributed by atoms with van der Waals surface area (Å²) >= 11 is 0. The Morgan fingerprint density at radius 1 is 0.917 bits per heavy atom. The number of aliphatic hydroxyl groups is 1. The zero-order valence-corrected chi connectivity index (χ0v) is 13.4. The van der Waals surface area contributed by atoms with Gasteiger partial charge in [-0.2, -0.15) is 0 Å². The minimum atomic E-state index is -0.261. The second-order valence-corrected chi connectivity index (χ2v) is 6.23. The summed E-state index contributed by atoms with van der Waals surface area (Å²) in [5.74, 6) is 0. The molecule has 120 valence electrons. The Bertz CT molecular complexity index is 1000. The van der Waals surface area contributed by atoms with Gasteiger partial charge in [-0.05, 0) is 40.5 Å². The zero-order valence-electron chi connectivity index (χ0n) is 13.4. The lowest BCUT2D eigenvalue weighted by Gasteiger charge is -2.10. The van der Waals surface area contributed by atoms with Gasteiger partial charge < -0.3 is 15.8 Å². The summed E-state index contributed by atoms with van der Waals surface area (Å²) in [5.41, 5.74) is 10.5. The fraction of sp³-hybridized carbons (Fsp3) is 0.143. The van der Waals surface area contributed by atoms with E-state index in [-0.39, 0.29) is 12.6 Å². The quantitative estimate of drug-likeness (QED) is 0.535. The Morgan fingerprint density at radius 3 is 2.50 bits per heavy atom. The largest absolute Gasteiger partial charge is 0.395 e. The fourth-order valence-corrected chi connectivity index (χ4v) is 3.33. The summed E-state index contributed by atoms with van der Waals surface area (Å²) < 4.78 is 0. The third-order valence-corrected chi connectivity index (χ3v) is 4.55. The van der Waals surface area contributed by atoms with Crippen molar-refractivity contribution in [1.82, 2.24) is 4.98 Å². The Kier molecular flexibility index (Phi) is 3.81. The van der Waals surface area contributed by atoms with Crippen molar-refractivity contribution in [1.29, 1.82) is 0 Å². The van der Waals surface area contributed by atoms with E-state index in [9.17, 15) is 5.11 Å². The van der Waals surface area contributed by atoms with E-state index in [0.717, 1.165) is 16.8 Å². The summed E-state index contributed by atoms with van der Waals surface area (Å²) in [7, 11) is 0. The molecule has 4 N–H and O–H groups in total. The van der Waals surface area contributed by atoms with Crippen LogP contribution in [0.3, 0.4) is 0 Å². The molecule has 1 unspecified atom stereocenters. The molecule has 3 heteroatoms. The second-order valence-electron chi connectivity index (χ2n) is 6.23. The number of aromatic nitrogens is 1.